The van der Waals surface area contributed by atoms with E-state index in [0.717, 1.165) is 41.9 Å². The van der Waals surface area contributed by atoms with Gasteiger partial charge in [0.05, 0.1) is 34.3 Å². The average molecular weight is 725 g/mol. The lowest BCUT2D eigenvalue weighted by Gasteiger charge is -2.34. The summed E-state index contributed by atoms with van der Waals surface area (Å²) in [5, 5.41) is 20.7. The van der Waals surface area contributed by atoms with Crippen molar-refractivity contribution in [3.63, 3.8) is 0 Å². The molecule has 5 rings (SSSR count). The molecular formula is C36H48N6O6S2. The monoisotopic (exact) mass is 724 g/mol. The van der Waals surface area contributed by atoms with E-state index in [1.807, 2.05) is 56.5 Å². The molecule has 2 fully saturated rings. The molecule has 0 unspecified atom stereocenters. The summed E-state index contributed by atoms with van der Waals surface area (Å²) in [4.78, 5) is 46.3. The standard InChI is InChI=1S/C36H48N6O6S2/c1-25(2)34(42-18-17-40(36(42)45)22-30-24-49-26(3)38-30)35(44)39-32(19-27-9-5-4-6-10-27)33(43)23-41(21-29-11-7-8-12-29)50(47,48)31-15-13-28(14-16-31)20-37-46/h4-6,9-10,13-16,24-25,29,32-34,43H,7-8,11-12,17-23H2,1-3H3,(H,39,44)/t32-,33+,34-/m0/s1. The molecule has 0 spiro atoms. The first kappa shape index (κ1) is 37.5. The number of benzene rings is 2. The second-order valence-corrected chi connectivity index (χ2v) is 16.7. The van der Waals surface area contributed by atoms with Crippen molar-refractivity contribution in [1.29, 1.82) is 0 Å². The fourth-order valence-electron chi connectivity index (χ4n) is 6.98. The van der Waals surface area contributed by atoms with Crippen molar-refractivity contribution in [2.75, 3.05) is 26.2 Å². The Labute approximate surface area is 298 Å². The zero-order valence-electron chi connectivity index (χ0n) is 29.0. The number of sulfonamides is 1. The molecule has 0 bridgehead atoms. The third kappa shape index (κ3) is 9.33. The second-order valence-electron chi connectivity index (χ2n) is 13.7. The lowest BCUT2D eigenvalue weighted by atomic mass is 9.97. The topological polar surface area (TPSA) is 153 Å². The summed E-state index contributed by atoms with van der Waals surface area (Å²) >= 11 is 1.53. The SMILES string of the molecule is Cc1nc(CN2CCN([C@H](C(=O)N[C@@H](Cc3ccccc3)[C@H](O)CN(CC3CCCC3)S(=O)(=O)c3ccc(CN=O)cc3)C(C)C)C2=O)cs1. The van der Waals surface area contributed by atoms with Crippen LogP contribution in [-0.4, -0.2) is 88.9 Å². The fraction of sp³-hybridized carbons (Fsp3) is 0.528. The van der Waals surface area contributed by atoms with Crippen LogP contribution in [0.2, 0.25) is 0 Å². The van der Waals surface area contributed by atoms with Crippen molar-refractivity contribution < 1.29 is 23.1 Å². The Morgan fingerprint density at radius 3 is 2.40 bits per heavy atom. The van der Waals surface area contributed by atoms with Gasteiger partial charge in [0.25, 0.3) is 0 Å². The van der Waals surface area contributed by atoms with Gasteiger partial charge in [0, 0.05) is 31.6 Å². The van der Waals surface area contributed by atoms with Gasteiger partial charge in [0.15, 0.2) is 0 Å². The molecule has 3 amide bonds. The van der Waals surface area contributed by atoms with Crippen LogP contribution in [0.5, 0.6) is 0 Å². The van der Waals surface area contributed by atoms with E-state index in [4.69, 9.17) is 0 Å². The average Bonchev–Trinajstić information content (AvgIpc) is 3.84. The highest BCUT2D eigenvalue weighted by Crippen LogP contribution is 2.29. The number of amides is 3. The zero-order chi connectivity index (χ0) is 35.8. The summed E-state index contributed by atoms with van der Waals surface area (Å²) in [6, 6.07) is 13.6. The van der Waals surface area contributed by atoms with E-state index in [2.05, 4.69) is 15.5 Å². The molecule has 270 valence electrons. The van der Waals surface area contributed by atoms with Crippen LogP contribution in [0.25, 0.3) is 0 Å². The van der Waals surface area contributed by atoms with Gasteiger partial charge in [0.2, 0.25) is 15.9 Å². The van der Waals surface area contributed by atoms with E-state index in [1.54, 1.807) is 21.9 Å². The number of rotatable bonds is 17. The Kier molecular flexibility index (Phi) is 12.8. The highest BCUT2D eigenvalue weighted by molar-refractivity contribution is 7.89. The minimum absolute atomic E-state index is 0.0599. The van der Waals surface area contributed by atoms with E-state index >= 15 is 0 Å². The van der Waals surface area contributed by atoms with Gasteiger partial charge >= 0.3 is 6.03 Å². The van der Waals surface area contributed by atoms with Crippen LogP contribution in [0.15, 0.2) is 70.0 Å². The van der Waals surface area contributed by atoms with Crippen LogP contribution in [0, 0.1) is 23.7 Å². The lowest BCUT2D eigenvalue weighted by molar-refractivity contribution is -0.128. The third-order valence-electron chi connectivity index (χ3n) is 9.61. The van der Waals surface area contributed by atoms with Crippen molar-refractivity contribution in [2.24, 2.45) is 17.0 Å². The van der Waals surface area contributed by atoms with Crippen molar-refractivity contribution >= 4 is 33.3 Å². The number of thiazole rings is 1. The predicted octanol–water partition coefficient (Wildman–Crippen LogP) is 4.95. The third-order valence-corrected chi connectivity index (χ3v) is 12.3. The summed E-state index contributed by atoms with van der Waals surface area (Å²) in [6.45, 7) is 6.85. The number of carbonyl (C=O) groups excluding carboxylic acids is 2. The minimum atomic E-state index is -4.04. The quantitative estimate of drug-likeness (QED) is 0.187. The van der Waals surface area contributed by atoms with Gasteiger partial charge in [-0.1, -0.05) is 74.3 Å². The van der Waals surface area contributed by atoms with E-state index in [0.29, 0.717) is 25.2 Å². The first-order valence-electron chi connectivity index (χ1n) is 17.3. The first-order valence-corrected chi connectivity index (χ1v) is 19.6. The maximum absolute atomic E-state index is 14.2. The zero-order valence-corrected chi connectivity index (χ0v) is 30.6. The van der Waals surface area contributed by atoms with Crippen LogP contribution < -0.4 is 5.32 Å². The summed E-state index contributed by atoms with van der Waals surface area (Å²) in [6.07, 6.45) is 2.83. The maximum atomic E-state index is 14.2. The smallest absolute Gasteiger partial charge is 0.321 e. The van der Waals surface area contributed by atoms with E-state index in [9.17, 15) is 28.0 Å². The van der Waals surface area contributed by atoms with E-state index in [-0.39, 0.29) is 48.8 Å². The van der Waals surface area contributed by atoms with Crippen LogP contribution >= 0.6 is 11.3 Å². The Bertz CT molecular complexity index is 1700. The molecule has 1 saturated heterocycles. The van der Waals surface area contributed by atoms with Gasteiger partial charge in [-0.15, -0.1) is 11.3 Å². The molecule has 2 heterocycles. The Hall–Kier alpha value is -3.72. The van der Waals surface area contributed by atoms with Crippen molar-refractivity contribution in [1.82, 2.24) is 24.4 Å². The van der Waals surface area contributed by atoms with Crippen molar-refractivity contribution in [2.45, 2.75) is 89.0 Å². The van der Waals surface area contributed by atoms with Crippen LogP contribution in [0.4, 0.5) is 4.79 Å². The minimum Gasteiger partial charge on any atom is -0.390 e. The highest BCUT2D eigenvalue weighted by atomic mass is 32.2. The first-order chi connectivity index (χ1) is 24.0. The molecule has 1 aliphatic heterocycles. The Morgan fingerprint density at radius 1 is 1.08 bits per heavy atom. The van der Waals surface area contributed by atoms with Crippen LogP contribution in [-0.2, 0) is 34.3 Å². The normalized spacial score (nSPS) is 17.4. The summed E-state index contributed by atoms with van der Waals surface area (Å²) in [5.41, 5.74) is 2.28. The number of aliphatic hydroxyl groups excluding tert-OH is 1. The molecule has 12 nitrogen and oxygen atoms in total. The number of hydrogen-bond acceptors (Lipinski definition) is 9. The molecule has 2 aromatic carbocycles. The number of nitroso groups, excluding NO2 is 1. The molecule has 2 aliphatic rings. The van der Waals surface area contributed by atoms with Crippen molar-refractivity contribution in [3.8, 4) is 0 Å². The van der Waals surface area contributed by atoms with Gasteiger partial charge in [0.1, 0.15) is 12.6 Å². The number of carbonyl (C=O) groups is 2. The summed E-state index contributed by atoms with van der Waals surface area (Å²) < 4.78 is 29.5. The van der Waals surface area contributed by atoms with Crippen LogP contribution in [0.1, 0.15) is 61.4 Å². The molecule has 0 radical (unpaired) electrons. The molecule has 3 aromatic rings. The number of aliphatic hydroxyl groups is 1. The van der Waals surface area contributed by atoms with E-state index in [1.165, 1.54) is 27.8 Å². The molecule has 1 saturated carbocycles. The van der Waals surface area contributed by atoms with E-state index < -0.39 is 34.1 Å². The highest BCUT2D eigenvalue weighted by Gasteiger charge is 2.41. The maximum Gasteiger partial charge on any atom is 0.321 e. The lowest BCUT2D eigenvalue weighted by Crippen LogP contribution is -2.57. The number of nitrogens with one attached hydrogen (secondary N) is 1. The Balaban J connectivity index is 1.37. The molecule has 2 N–H and O–H groups in total. The number of aryl methyl sites for hydroxylation is 1. The molecule has 1 aliphatic carbocycles. The molecule has 1 aromatic heterocycles. The van der Waals surface area contributed by atoms with Gasteiger partial charge in [-0.2, -0.15) is 9.21 Å². The van der Waals surface area contributed by atoms with Crippen LogP contribution in [0.3, 0.4) is 0 Å². The van der Waals surface area contributed by atoms with Gasteiger partial charge in [-0.3, -0.25) is 4.79 Å². The molecule has 14 heteroatoms. The summed E-state index contributed by atoms with van der Waals surface area (Å²) in [7, 11) is -4.04. The number of nitrogens with zero attached hydrogens (tertiary/aromatic N) is 5. The molecule has 3 atom stereocenters. The summed E-state index contributed by atoms with van der Waals surface area (Å²) in [5.74, 6) is -0.476. The number of hydrogen-bond donors (Lipinski definition) is 2. The largest absolute Gasteiger partial charge is 0.390 e. The van der Waals surface area contributed by atoms with Gasteiger partial charge in [-0.05, 0) is 61.3 Å². The second kappa shape index (κ2) is 17.0. The molecule has 50 heavy (non-hydrogen) atoms. The number of urea groups is 1. The Morgan fingerprint density at radius 2 is 1.78 bits per heavy atom. The molecular weight excluding hydrogens is 677 g/mol. The van der Waals surface area contributed by atoms with Gasteiger partial charge in [-0.25, -0.2) is 18.2 Å². The predicted molar refractivity (Wildman–Crippen MR) is 193 cm³/mol. The number of aromatic nitrogens is 1. The van der Waals surface area contributed by atoms with Crippen molar-refractivity contribution in [3.05, 3.63) is 86.7 Å². The van der Waals surface area contributed by atoms with Gasteiger partial charge < -0.3 is 20.2 Å². The fourth-order valence-corrected chi connectivity index (χ4v) is 9.12.